The van der Waals surface area contributed by atoms with E-state index in [2.05, 4.69) is 4.98 Å². The minimum absolute atomic E-state index is 0.210. The van der Waals surface area contributed by atoms with Crippen molar-refractivity contribution < 1.29 is 14.6 Å². The Hall–Kier alpha value is -1.58. The molecule has 1 saturated carbocycles. The lowest BCUT2D eigenvalue weighted by atomic mass is 10.2. The van der Waals surface area contributed by atoms with E-state index in [0.29, 0.717) is 5.88 Å². The maximum atomic E-state index is 10.7. The summed E-state index contributed by atoms with van der Waals surface area (Å²) in [6, 6.07) is 2.94. The third kappa shape index (κ3) is 2.46. The van der Waals surface area contributed by atoms with E-state index in [1.165, 1.54) is 31.2 Å². The highest BCUT2D eigenvalue weighted by Gasteiger charge is 2.17. The Kier molecular flexibility index (Phi) is 2.85. The molecule has 1 aliphatic carbocycles. The lowest BCUT2D eigenvalue weighted by Gasteiger charge is -2.11. The smallest absolute Gasteiger partial charge is 0.335 e. The van der Waals surface area contributed by atoms with Crippen LogP contribution in [0.5, 0.6) is 5.88 Å². The lowest BCUT2D eigenvalue weighted by molar-refractivity contribution is 0.0695. The summed E-state index contributed by atoms with van der Waals surface area (Å²) < 4.78 is 5.59. The van der Waals surface area contributed by atoms with E-state index in [0.717, 1.165) is 12.8 Å². The van der Waals surface area contributed by atoms with Gasteiger partial charge in [0.1, 0.15) is 6.10 Å². The first-order chi connectivity index (χ1) is 7.25. The zero-order valence-electron chi connectivity index (χ0n) is 8.35. The molecule has 0 aromatic carbocycles. The highest BCUT2D eigenvalue weighted by Crippen LogP contribution is 2.23. The maximum absolute atomic E-state index is 10.7. The van der Waals surface area contributed by atoms with Crippen molar-refractivity contribution >= 4 is 5.97 Å². The largest absolute Gasteiger partial charge is 0.478 e. The van der Waals surface area contributed by atoms with Crippen molar-refractivity contribution in [1.29, 1.82) is 0 Å². The fourth-order valence-electron chi connectivity index (χ4n) is 1.78. The van der Waals surface area contributed by atoms with Gasteiger partial charge in [-0.05, 0) is 31.7 Å². The van der Waals surface area contributed by atoms with E-state index in [-0.39, 0.29) is 11.7 Å². The van der Waals surface area contributed by atoms with Gasteiger partial charge >= 0.3 is 5.97 Å². The normalized spacial score (nSPS) is 16.5. The number of carboxylic acid groups (broad SMARTS) is 1. The molecule has 4 nitrogen and oxygen atoms in total. The Morgan fingerprint density at radius 2 is 2.20 bits per heavy atom. The van der Waals surface area contributed by atoms with E-state index >= 15 is 0 Å². The van der Waals surface area contributed by atoms with Crippen molar-refractivity contribution in [1.82, 2.24) is 4.98 Å². The predicted octanol–water partition coefficient (Wildman–Crippen LogP) is 2.10. The van der Waals surface area contributed by atoms with Gasteiger partial charge in [0.25, 0.3) is 0 Å². The summed E-state index contributed by atoms with van der Waals surface area (Å²) in [5.41, 5.74) is 0.220. The van der Waals surface area contributed by atoms with Gasteiger partial charge in [0.15, 0.2) is 0 Å². The average molecular weight is 207 g/mol. The molecule has 0 saturated heterocycles. The molecule has 4 heteroatoms. The molecule has 1 aliphatic rings. The van der Waals surface area contributed by atoms with Gasteiger partial charge in [0.2, 0.25) is 5.88 Å². The van der Waals surface area contributed by atoms with Crippen molar-refractivity contribution in [3.05, 3.63) is 23.9 Å². The van der Waals surface area contributed by atoms with Crippen LogP contribution in [0, 0.1) is 0 Å². The second-order valence-electron chi connectivity index (χ2n) is 3.71. The summed E-state index contributed by atoms with van der Waals surface area (Å²) >= 11 is 0. The minimum atomic E-state index is -0.950. The molecule has 1 fully saturated rings. The van der Waals surface area contributed by atoms with Crippen LogP contribution >= 0.6 is 0 Å². The molecule has 1 aromatic heterocycles. The number of hydrogen-bond donors (Lipinski definition) is 1. The Morgan fingerprint density at radius 1 is 1.47 bits per heavy atom. The fourth-order valence-corrected chi connectivity index (χ4v) is 1.78. The highest BCUT2D eigenvalue weighted by atomic mass is 16.5. The third-order valence-electron chi connectivity index (χ3n) is 2.57. The van der Waals surface area contributed by atoms with Crippen molar-refractivity contribution in [2.24, 2.45) is 0 Å². The van der Waals surface area contributed by atoms with Crippen molar-refractivity contribution in [2.75, 3.05) is 0 Å². The Balaban J connectivity index is 2.07. The number of nitrogens with zero attached hydrogens (tertiary/aromatic N) is 1. The predicted molar refractivity (Wildman–Crippen MR) is 54.1 cm³/mol. The molecule has 15 heavy (non-hydrogen) atoms. The van der Waals surface area contributed by atoms with Crippen LogP contribution in [0.15, 0.2) is 18.3 Å². The number of carboxylic acids is 1. The third-order valence-corrected chi connectivity index (χ3v) is 2.57. The molecule has 0 unspecified atom stereocenters. The zero-order chi connectivity index (χ0) is 10.7. The molecule has 1 N–H and O–H groups in total. The molecule has 2 rings (SSSR count). The Morgan fingerprint density at radius 3 is 2.87 bits per heavy atom. The van der Waals surface area contributed by atoms with E-state index in [1.807, 2.05) is 0 Å². The molecule has 0 amide bonds. The first kappa shape index (κ1) is 9.96. The molecular formula is C11H13NO3. The summed E-state index contributed by atoms with van der Waals surface area (Å²) in [6.07, 6.45) is 6.12. The molecule has 0 bridgehead atoms. The van der Waals surface area contributed by atoms with Gasteiger partial charge < -0.3 is 9.84 Å². The SMILES string of the molecule is O=C(O)c1ccnc(OC2CCCC2)c1. The highest BCUT2D eigenvalue weighted by molar-refractivity contribution is 5.87. The number of ether oxygens (including phenoxy) is 1. The van der Waals surface area contributed by atoms with Gasteiger partial charge in [0, 0.05) is 12.3 Å². The molecule has 1 aromatic rings. The molecule has 0 spiro atoms. The standard InChI is InChI=1S/C11H13NO3/c13-11(14)8-5-6-12-10(7-8)15-9-3-1-2-4-9/h5-7,9H,1-4H2,(H,13,14). The summed E-state index contributed by atoms with van der Waals surface area (Å²) in [5, 5.41) is 8.79. The van der Waals surface area contributed by atoms with E-state index in [1.54, 1.807) is 0 Å². The molecular weight excluding hydrogens is 194 g/mol. The van der Waals surface area contributed by atoms with E-state index < -0.39 is 5.97 Å². The van der Waals surface area contributed by atoms with Gasteiger partial charge in [-0.1, -0.05) is 0 Å². The van der Waals surface area contributed by atoms with Crippen molar-refractivity contribution in [3.63, 3.8) is 0 Å². The van der Waals surface area contributed by atoms with Gasteiger partial charge in [-0.2, -0.15) is 0 Å². The Bertz CT molecular complexity index is 359. The van der Waals surface area contributed by atoms with Crippen LogP contribution in [0.1, 0.15) is 36.0 Å². The zero-order valence-corrected chi connectivity index (χ0v) is 8.35. The van der Waals surface area contributed by atoms with Crippen LogP contribution in [0.4, 0.5) is 0 Å². The number of aromatic nitrogens is 1. The summed E-state index contributed by atoms with van der Waals surface area (Å²) in [5.74, 6) is -0.532. The van der Waals surface area contributed by atoms with E-state index in [4.69, 9.17) is 9.84 Å². The topological polar surface area (TPSA) is 59.4 Å². The van der Waals surface area contributed by atoms with Crippen LogP contribution in [0.3, 0.4) is 0 Å². The van der Waals surface area contributed by atoms with Gasteiger partial charge in [-0.25, -0.2) is 9.78 Å². The monoisotopic (exact) mass is 207 g/mol. The quantitative estimate of drug-likeness (QED) is 0.824. The number of hydrogen-bond acceptors (Lipinski definition) is 3. The number of carbonyl (C=O) groups is 1. The van der Waals surface area contributed by atoms with Crippen LogP contribution in [-0.2, 0) is 0 Å². The van der Waals surface area contributed by atoms with E-state index in [9.17, 15) is 4.79 Å². The lowest BCUT2D eigenvalue weighted by Crippen LogP contribution is -2.12. The number of rotatable bonds is 3. The van der Waals surface area contributed by atoms with Crippen LogP contribution in [0.2, 0.25) is 0 Å². The molecule has 0 aliphatic heterocycles. The molecule has 0 radical (unpaired) electrons. The van der Waals surface area contributed by atoms with Crippen LogP contribution in [-0.4, -0.2) is 22.2 Å². The Labute approximate surface area is 87.9 Å². The first-order valence-corrected chi connectivity index (χ1v) is 5.12. The molecule has 0 atom stereocenters. The minimum Gasteiger partial charge on any atom is -0.478 e. The summed E-state index contributed by atoms with van der Waals surface area (Å²) in [4.78, 5) is 14.7. The summed E-state index contributed by atoms with van der Waals surface area (Å²) in [7, 11) is 0. The van der Waals surface area contributed by atoms with Gasteiger partial charge in [0.05, 0.1) is 5.56 Å². The fraction of sp³-hybridized carbons (Fsp3) is 0.455. The number of pyridine rings is 1. The van der Waals surface area contributed by atoms with Crippen LogP contribution in [0.25, 0.3) is 0 Å². The first-order valence-electron chi connectivity index (χ1n) is 5.12. The van der Waals surface area contributed by atoms with Crippen molar-refractivity contribution in [3.8, 4) is 5.88 Å². The second-order valence-corrected chi connectivity index (χ2v) is 3.71. The maximum Gasteiger partial charge on any atom is 0.335 e. The van der Waals surface area contributed by atoms with Crippen molar-refractivity contribution in [2.45, 2.75) is 31.8 Å². The van der Waals surface area contributed by atoms with Gasteiger partial charge in [-0.3, -0.25) is 0 Å². The molecule has 1 heterocycles. The average Bonchev–Trinajstić information content (AvgIpc) is 2.71. The van der Waals surface area contributed by atoms with Crippen LogP contribution < -0.4 is 4.74 Å². The summed E-state index contributed by atoms with van der Waals surface area (Å²) in [6.45, 7) is 0. The second kappa shape index (κ2) is 4.29. The van der Waals surface area contributed by atoms with Gasteiger partial charge in [-0.15, -0.1) is 0 Å². The molecule has 80 valence electrons. The number of aromatic carboxylic acids is 1.